The zero-order valence-corrected chi connectivity index (χ0v) is 11.6. The summed E-state index contributed by atoms with van der Waals surface area (Å²) in [6, 6.07) is 2.19. The monoisotopic (exact) mass is 275 g/mol. The van der Waals surface area contributed by atoms with Crippen molar-refractivity contribution in [2.24, 2.45) is 0 Å². The normalized spacial score (nSPS) is 17.8. The van der Waals surface area contributed by atoms with Crippen molar-refractivity contribution in [1.82, 2.24) is 15.3 Å². The van der Waals surface area contributed by atoms with Crippen molar-refractivity contribution in [1.29, 1.82) is 0 Å². The van der Waals surface area contributed by atoms with Crippen LogP contribution in [0.5, 0.6) is 0 Å². The largest absolute Gasteiger partial charge is 0.384 e. The van der Waals surface area contributed by atoms with Crippen molar-refractivity contribution < 1.29 is 4.79 Å². The zero-order chi connectivity index (χ0) is 13.9. The van der Waals surface area contributed by atoms with E-state index in [1.165, 1.54) is 0 Å². The molecule has 6 heteroatoms. The molecule has 0 atom stereocenters. The lowest BCUT2D eigenvalue weighted by molar-refractivity contribution is -0.121. The molecule has 0 bridgehead atoms. The van der Waals surface area contributed by atoms with Crippen LogP contribution in [0.1, 0.15) is 50.3 Å². The van der Waals surface area contributed by atoms with Gasteiger partial charge in [0.05, 0.1) is 0 Å². The van der Waals surface area contributed by atoms with Gasteiger partial charge in [-0.2, -0.15) is 0 Å². The summed E-state index contributed by atoms with van der Waals surface area (Å²) in [5, 5.41) is 6.20. The van der Waals surface area contributed by atoms with Crippen LogP contribution in [0.3, 0.4) is 0 Å². The van der Waals surface area contributed by atoms with Crippen LogP contribution in [0, 0.1) is 0 Å². The maximum Gasteiger partial charge on any atom is 0.220 e. The molecule has 6 nitrogen and oxygen atoms in total. The lowest BCUT2D eigenvalue weighted by Crippen LogP contribution is -2.25. The molecular weight excluding hydrogens is 254 g/mol. The van der Waals surface area contributed by atoms with Gasteiger partial charge in [-0.15, -0.1) is 0 Å². The fourth-order valence-electron chi connectivity index (χ4n) is 2.09. The van der Waals surface area contributed by atoms with E-state index >= 15 is 0 Å². The molecule has 2 aliphatic rings. The quantitative estimate of drug-likeness (QED) is 0.654. The second-order valence-electron chi connectivity index (χ2n) is 5.68. The number of nitrogens with zero attached hydrogens (tertiary/aromatic N) is 2. The number of rotatable bonds is 7. The number of nitrogens with one attached hydrogen (secondary N) is 2. The van der Waals surface area contributed by atoms with Crippen molar-refractivity contribution in [3.63, 3.8) is 0 Å². The molecule has 2 saturated carbocycles. The number of hydrogen-bond donors (Lipinski definition) is 3. The summed E-state index contributed by atoms with van der Waals surface area (Å²) in [4.78, 5) is 20.2. The van der Waals surface area contributed by atoms with E-state index in [1.54, 1.807) is 6.07 Å². The van der Waals surface area contributed by atoms with Gasteiger partial charge in [0, 0.05) is 31.0 Å². The average Bonchev–Trinajstić information content (AvgIpc) is 3.25. The van der Waals surface area contributed by atoms with Crippen molar-refractivity contribution in [2.45, 2.75) is 50.5 Å². The lowest BCUT2D eigenvalue weighted by Gasteiger charge is -2.08. The Morgan fingerprint density at radius 2 is 2.10 bits per heavy atom. The molecule has 2 fully saturated rings. The molecule has 2 aliphatic carbocycles. The molecule has 0 saturated heterocycles. The third-order valence-corrected chi connectivity index (χ3v) is 3.53. The number of hydrogen-bond acceptors (Lipinski definition) is 5. The summed E-state index contributed by atoms with van der Waals surface area (Å²) in [5.41, 5.74) is 5.78. The first-order valence-corrected chi connectivity index (χ1v) is 7.38. The van der Waals surface area contributed by atoms with E-state index in [1.807, 2.05) is 0 Å². The Hall–Kier alpha value is -1.85. The first kappa shape index (κ1) is 13.1. The molecule has 0 aromatic carbocycles. The second kappa shape index (κ2) is 5.64. The van der Waals surface area contributed by atoms with Crippen LogP contribution in [0.2, 0.25) is 0 Å². The number of carbonyl (C=O) groups is 1. The molecule has 1 amide bonds. The average molecular weight is 275 g/mol. The second-order valence-corrected chi connectivity index (χ2v) is 5.68. The number of carbonyl (C=O) groups excluding carboxylic acids is 1. The molecule has 20 heavy (non-hydrogen) atoms. The first-order valence-electron chi connectivity index (χ1n) is 7.38. The topological polar surface area (TPSA) is 92.9 Å². The molecule has 3 rings (SSSR count). The highest BCUT2D eigenvalue weighted by Crippen LogP contribution is 2.38. The van der Waals surface area contributed by atoms with Gasteiger partial charge in [-0.05, 0) is 32.1 Å². The number of aromatic nitrogens is 2. The third kappa shape index (κ3) is 3.82. The molecule has 1 heterocycles. The molecule has 0 spiro atoms. The van der Waals surface area contributed by atoms with Crippen LogP contribution in [0.15, 0.2) is 6.07 Å². The predicted molar refractivity (Wildman–Crippen MR) is 77.3 cm³/mol. The van der Waals surface area contributed by atoms with Crippen molar-refractivity contribution in [3.8, 4) is 0 Å². The highest BCUT2D eigenvalue weighted by Gasteiger charge is 2.27. The molecule has 108 valence electrons. The Kier molecular flexibility index (Phi) is 3.71. The Morgan fingerprint density at radius 1 is 1.30 bits per heavy atom. The summed E-state index contributed by atoms with van der Waals surface area (Å²) < 4.78 is 0. The Balaban J connectivity index is 1.42. The number of anilines is 2. The van der Waals surface area contributed by atoms with Crippen LogP contribution in [-0.4, -0.2) is 28.5 Å². The molecule has 1 aromatic rings. The van der Waals surface area contributed by atoms with Gasteiger partial charge >= 0.3 is 0 Å². The number of amides is 1. The van der Waals surface area contributed by atoms with Crippen molar-refractivity contribution in [2.75, 3.05) is 17.6 Å². The van der Waals surface area contributed by atoms with E-state index in [0.717, 1.165) is 50.3 Å². The van der Waals surface area contributed by atoms with Crippen LogP contribution >= 0.6 is 0 Å². The van der Waals surface area contributed by atoms with Crippen LogP contribution in [0.25, 0.3) is 0 Å². The highest BCUT2D eigenvalue weighted by molar-refractivity contribution is 5.76. The van der Waals surface area contributed by atoms with Gasteiger partial charge < -0.3 is 16.4 Å². The summed E-state index contributed by atoms with van der Waals surface area (Å²) >= 11 is 0. The van der Waals surface area contributed by atoms with Gasteiger partial charge in [0.1, 0.15) is 17.5 Å². The standard InChI is InChI=1S/C14H21N5O/c15-11-8-12(19-14(18-11)9-3-4-9)16-7-1-2-13(20)17-10-5-6-10/h8-10H,1-7H2,(H,17,20)(H3,15,16,18,19). The molecule has 0 radical (unpaired) electrons. The number of nitrogens with two attached hydrogens (primary N) is 1. The lowest BCUT2D eigenvalue weighted by atomic mass is 10.3. The Morgan fingerprint density at radius 3 is 2.80 bits per heavy atom. The maximum absolute atomic E-state index is 11.5. The maximum atomic E-state index is 11.5. The smallest absolute Gasteiger partial charge is 0.220 e. The Bertz CT molecular complexity index is 496. The third-order valence-electron chi connectivity index (χ3n) is 3.53. The molecule has 1 aromatic heterocycles. The minimum atomic E-state index is 0.148. The van der Waals surface area contributed by atoms with Gasteiger partial charge in [0.2, 0.25) is 5.91 Å². The SMILES string of the molecule is Nc1cc(NCCCC(=O)NC2CC2)nc(C2CC2)n1. The van der Waals surface area contributed by atoms with Gasteiger partial charge in [-0.25, -0.2) is 9.97 Å². The minimum Gasteiger partial charge on any atom is -0.384 e. The van der Waals surface area contributed by atoms with E-state index in [0.29, 0.717) is 24.2 Å². The molecule has 4 N–H and O–H groups in total. The molecular formula is C14H21N5O. The first-order chi connectivity index (χ1) is 9.70. The van der Waals surface area contributed by atoms with E-state index in [4.69, 9.17) is 5.73 Å². The van der Waals surface area contributed by atoms with Crippen molar-refractivity contribution in [3.05, 3.63) is 11.9 Å². The summed E-state index contributed by atoms with van der Waals surface area (Å²) in [6.07, 6.45) is 5.93. The van der Waals surface area contributed by atoms with E-state index < -0.39 is 0 Å². The van der Waals surface area contributed by atoms with E-state index in [9.17, 15) is 4.79 Å². The van der Waals surface area contributed by atoms with Gasteiger partial charge in [-0.3, -0.25) is 4.79 Å². The molecule has 0 aliphatic heterocycles. The molecule has 0 unspecified atom stereocenters. The fourth-order valence-corrected chi connectivity index (χ4v) is 2.09. The predicted octanol–water partition coefficient (Wildman–Crippen LogP) is 1.41. The van der Waals surface area contributed by atoms with Gasteiger partial charge in [0.25, 0.3) is 0 Å². The number of nitrogen functional groups attached to an aromatic ring is 1. The summed E-state index contributed by atoms with van der Waals surface area (Å²) in [7, 11) is 0. The minimum absolute atomic E-state index is 0.148. The van der Waals surface area contributed by atoms with Crippen LogP contribution in [0.4, 0.5) is 11.6 Å². The summed E-state index contributed by atoms with van der Waals surface area (Å²) in [6.45, 7) is 0.721. The summed E-state index contributed by atoms with van der Waals surface area (Å²) in [5.74, 6) is 2.76. The van der Waals surface area contributed by atoms with Crippen molar-refractivity contribution >= 4 is 17.5 Å². The zero-order valence-electron chi connectivity index (χ0n) is 11.6. The van der Waals surface area contributed by atoms with Crippen LogP contribution in [-0.2, 0) is 4.79 Å². The highest BCUT2D eigenvalue weighted by atomic mass is 16.1. The van der Waals surface area contributed by atoms with Gasteiger partial charge in [0.15, 0.2) is 0 Å². The van der Waals surface area contributed by atoms with E-state index in [-0.39, 0.29) is 5.91 Å². The Labute approximate surface area is 118 Å². The fraction of sp³-hybridized carbons (Fsp3) is 0.643. The van der Waals surface area contributed by atoms with E-state index in [2.05, 4.69) is 20.6 Å². The van der Waals surface area contributed by atoms with Crippen LogP contribution < -0.4 is 16.4 Å². The van der Waals surface area contributed by atoms with Gasteiger partial charge in [-0.1, -0.05) is 0 Å².